The van der Waals surface area contributed by atoms with E-state index >= 15 is 0 Å². The predicted octanol–water partition coefficient (Wildman–Crippen LogP) is 0.402. The number of rotatable bonds is 1. The second kappa shape index (κ2) is 4.41. The van der Waals surface area contributed by atoms with E-state index in [9.17, 15) is 9.59 Å². The van der Waals surface area contributed by atoms with Gasteiger partial charge in [-0.1, -0.05) is 0 Å². The first-order valence-corrected chi connectivity index (χ1v) is 5.48. The second-order valence-corrected chi connectivity index (χ2v) is 5.18. The fourth-order valence-corrected chi connectivity index (χ4v) is 1.98. The first-order chi connectivity index (χ1) is 7.23. The summed E-state index contributed by atoms with van der Waals surface area (Å²) in [6, 6.07) is -0.717. The van der Waals surface area contributed by atoms with E-state index in [1.165, 1.54) is 11.8 Å². The SMILES string of the molecule is CC(=O)N1CCN(C(C)(C)C)CC1C(=O)O. The van der Waals surface area contributed by atoms with Crippen LogP contribution in [0.4, 0.5) is 0 Å². The van der Waals surface area contributed by atoms with Crippen molar-refractivity contribution in [2.24, 2.45) is 0 Å². The molecule has 0 bridgehead atoms. The third-order valence-electron chi connectivity index (χ3n) is 3.02. The number of aliphatic carboxylic acids is 1. The third kappa shape index (κ3) is 2.72. The van der Waals surface area contributed by atoms with Gasteiger partial charge in [0.05, 0.1) is 0 Å². The summed E-state index contributed by atoms with van der Waals surface area (Å²) in [5.74, 6) is -1.09. The van der Waals surface area contributed by atoms with E-state index in [2.05, 4.69) is 25.7 Å². The average Bonchev–Trinajstić information content (AvgIpc) is 2.15. The van der Waals surface area contributed by atoms with Crippen LogP contribution in [0.1, 0.15) is 27.7 Å². The van der Waals surface area contributed by atoms with Crippen molar-refractivity contribution in [2.75, 3.05) is 19.6 Å². The van der Waals surface area contributed by atoms with Crippen molar-refractivity contribution in [1.29, 1.82) is 0 Å². The number of hydrogen-bond donors (Lipinski definition) is 1. The van der Waals surface area contributed by atoms with Crippen LogP contribution in [0.25, 0.3) is 0 Å². The van der Waals surface area contributed by atoms with Crippen LogP contribution in [0, 0.1) is 0 Å². The highest BCUT2D eigenvalue weighted by molar-refractivity contribution is 5.82. The van der Waals surface area contributed by atoms with Gasteiger partial charge in [-0.3, -0.25) is 9.69 Å². The highest BCUT2D eigenvalue weighted by atomic mass is 16.4. The second-order valence-electron chi connectivity index (χ2n) is 5.18. The minimum atomic E-state index is -0.927. The fraction of sp³-hybridized carbons (Fsp3) is 0.818. The Morgan fingerprint density at radius 2 is 1.81 bits per heavy atom. The lowest BCUT2D eigenvalue weighted by atomic mass is 10.0. The Morgan fingerprint density at radius 3 is 2.19 bits per heavy atom. The molecule has 0 spiro atoms. The molecule has 0 aromatic rings. The molecule has 5 heteroatoms. The molecular formula is C11H20N2O3. The van der Waals surface area contributed by atoms with Crippen molar-refractivity contribution in [3.8, 4) is 0 Å². The van der Waals surface area contributed by atoms with Crippen LogP contribution in [0.15, 0.2) is 0 Å². The number of carbonyl (C=O) groups excluding carboxylic acids is 1. The summed E-state index contributed by atoms with van der Waals surface area (Å²) >= 11 is 0. The van der Waals surface area contributed by atoms with E-state index in [1.807, 2.05) is 0 Å². The molecule has 0 radical (unpaired) electrons. The lowest BCUT2D eigenvalue weighted by Crippen LogP contribution is -2.61. The highest BCUT2D eigenvalue weighted by Crippen LogP contribution is 2.19. The molecule has 1 aliphatic heterocycles. The van der Waals surface area contributed by atoms with Crippen molar-refractivity contribution in [3.63, 3.8) is 0 Å². The standard InChI is InChI=1S/C11H20N2O3/c1-8(14)13-6-5-12(11(2,3)4)7-9(13)10(15)16/h9H,5-7H2,1-4H3,(H,15,16). The Balaban J connectivity index is 2.81. The van der Waals surface area contributed by atoms with Crippen LogP contribution in [0.2, 0.25) is 0 Å². The molecule has 1 aliphatic rings. The molecule has 0 aromatic carbocycles. The lowest BCUT2D eigenvalue weighted by Gasteiger charge is -2.45. The first kappa shape index (κ1) is 13.0. The maximum atomic E-state index is 11.3. The van der Waals surface area contributed by atoms with Crippen molar-refractivity contribution in [2.45, 2.75) is 39.3 Å². The van der Waals surface area contributed by atoms with Crippen LogP contribution < -0.4 is 0 Å². The van der Waals surface area contributed by atoms with Crippen molar-refractivity contribution in [1.82, 2.24) is 9.80 Å². The van der Waals surface area contributed by atoms with Crippen molar-refractivity contribution >= 4 is 11.9 Å². The van der Waals surface area contributed by atoms with Gasteiger partial charge < -0.3 is 10.0 Å². The molecule has 5 nitrogen and oxygen atoms in total. The van der Waals surface area contributed by atoms with Gasteiger partial charge in [0.2, 0.25) is 5.91 Å². The summed E-state index contributed by atoms with van der Waals surface area (Å²) in [4.78, 5) is 26.0. The van der Waals surface area contributed by atoms with Crippen LogP contribution >= 0.6 is 0 Å². The summed E-state index contributed by atoms with van der Waals surface area (Å²) in [7, 11) is 0. The average molecular weight is 228 g/mol. The largest absolute Gasteiger partial charge is 0.480 e. The van der Waals surface area contributed by atoms with Crippen molar-refractivity contribution < 1.29 is 14.7 Å². The van der Waals surface area contributed by atoms with E-state index < -0.39 is 12.0 Å². The van der Waals surface area contributed by atoms with Gasteiger partial charge in [0.1, 0.15) is 6.04 Å². The Kier molecular flexibility index (Phi) is 3.57. The maximum Gasteiger partial charge on any atom is 0.327 e. The van der Waals surface area contributed by atoms with Crippen molar-refractivity contribution in [3.05, 3.63) is 0 Å². The number of nitrogens with zero attached hydrogens (tertiary/aromatic N) is 2. The molecule has 1 amide bonds. The first-order valence-electron chi connectivity index (χ1n) is 5.48. The molecule has 16 heavy (non-hydrogen) atoms. The maximum absolute atomic E-state index is 11.3. The minimum Gasteiger partial charge on any atom is -0.480 e. The number of carbonyl (C=O) groups is 2. The highest BCUT2D eigenvalue weighted by Gasteiger charge is 2.37. The Bertz CT molecular complexity index is 296. The quantitative estimate of drug-likeness (QED) is 0.706. The fourth-order valence-electron chi connectivity index (χ4n) is 1.98. The Morgan fingerprint density at radius 1 is 1.25 bits per heavy atom. The Labute approximate surface area is 96.0 Å². The number of carboxylic acid groups (broad SMARTS) is 1. The number of carboxylic acids is 1. The molecule has 0 aliphatic carbocycles. The molecular weight excluding hydrogens is 208 g/mol. The van der Waals surface area contributed by atoms with Gasteiger partial charge in [0, 0.05) is 32.1 Å². The van der Waals surface area contributed by atoms with Gasteiger partial charge in [-0.2, -0.15) is 0 Å². The zero-order valence-electron chi connectivity index (χ0n) is 10.4. The molecule has 1 unspecified atom stereocenters. The van der Waals surface area contributed by atoms with E-state index in [1.54, 1.807) is 0 Å². The zero-order valence-corrected chi connectivity index (χ0v) is 10.4. The van der Waals surface area contributed by atoms with Gasteiger partial charge in [-0.25, -0.2) is 4.79 Å². The molecule has 1 fully saturated rings. The third-order valence-corrected chi connectivity index (χ3v) is 3.02. The summed E-state index contributed by atoms with van der Waals surface area (Å²) in [6.45, 7) is 9.19. The summed E-state index contributed by atoms with van der Waals surface area (Å²) in [5, 5.41) is 9.12. The van der Waals surface area contributed by atoms with Gasteiger partial charge in [0.25, 0.3) is 0 Å². The Hall–Kier alpha value is -1.10. The van der Waals surface area contributed by atoms with E-state index in [0.29, 0.717) is 13.1 Å². The summed E-state index contributed by atoms with van der Waals surface area (Å²) < 4.78 is 0. The predicted molar refractivity (Wildman–Crippen MR) is 60.1 cm³/mol. The van der Waals surface area contributed by atoms with Crippen LogP contribution in [-0.4, -0.2) is 58.0 Å². The molecule has 0 saturated carbocycles. The number of amides is 1. The van der Waals surface area contributed by atoms with Crippen LogP contribution in [-0.2, 0) is 9.59 Å². The lowest BCUT2D eigenvalue weighted by molar-refractivity contribution is -0.154. The minimum absolute atomic E-state index is 0.0589. The van der Waals surface area contributed by atoms with Gasteiger partial charge in [-0.05, 0) is 20.8 Å². The molecule has 1 N–H and O–H groups in total. The topological polar surface area (TPSA) is 60.9 Å². The van der Waals surface area contributed by atoms with Crippen LogP contribution in [0.5, 0.6) is 0 Å². The molecule has 1 rings (SSSR count). The summed E-state index contributed by atoms with van der Waals surface area (Å²) in [6.07, 6.45) is 0. The number of hydrogen-bond acceptors (Lipinski definition) is 3. The van der Waals surface area contributed by atoms with E-state index in [4.69, 9.17) is 5.11 Å². The zero-order chi connectivity index (χ0) is 12.5. The van der Waals surface area contributed by atoms with Gasteiger partial charge >= 0.3 is 5.97 Å². The van der Waals surface area contributed by atoms with E-state index in [-0.39, 0.29) is 11.4 Å². The van der Waals surface area contributed by atoms with E-state index in [0.717, 1.165) is 6.54 Å². The molecule has 0 aromatic heterocycles. The van der Waals surface area contributed by atoms with Gasteiger partial charge in [-0.15, -0.1) is 0 Å². The summed E-state index contributed by atoms with van der Waals surface area (Å²) in [5.41, 5.74) is -0.0589. The molecule has 92 valence electrons. The normalized spacial score (nSPS) is 23.2. The molecule has 1 heterocycles. The smallest absolute Gasteiger partial charge is 0.327 e. The molecule has 1 saturated heterocycles. The number of piperazine rings is 1. The van der Waals surface area contributed by atoms with Crippen LogP contribution in [0.3, 0.4) is 0 Å². The van der Waals surface area contributed by atoms with Gasteiger partial charge in [0.15, 0.2) is 0 Å². The monoisotopic (exact) mass is 228 g/mol. The molecule has 1 atom stereocenters.